The van der Waals surface area contributed by atoms with E-state index in [9.17, 15) is 10.4 Å². The Labute approximate surface area is 191 Å². The van der Waals surface area contributed by atoms with Gasteiger partial charge in [0, 0.05) is 11.8 Å². The Hall–Kier alpha value is -2.88. The third-order valence-electron chi connectivity index (χ3n) is 9.11. The zero-order chi connectivity index (χ0) is 22.5. The molecule has 3 unspecified atom stereocenters. The highest BCUT2D eigenvalue weighted by atomic mass is 16.3. The molecule has 6 atom stereocenters. The quantitative estimate of drug-likeness (QED) is 0.648. The second kappa shape index (κ2) is 7.61. The van der Waals surface area contributed by atoms with Crippen LogP contribution in [0.3, 0.4) is 0 Å². The molecule has 1 N–H and O–H groups in total. The number of benzene rings is 2. The molecule has 5 rings (SSSR count). The van der Waals surface area contributed by atoms with Crippen LogP contribution in [-0.2, 0) is 12.8 Å². The molecule has 3 aliphatic carbocycles. The first-order valence-electron chi connectivity index (χ1n) is 11.8. The lowest BCUT2D eigenvalue weighted by atomic mass is 9.49. The van der Waals surface area contributed by atoms with Crippen molar-refractivity contribution in [3.8, 4) is 12.1 Å². The van der Waals surface area contributed by atoms with Gasteiger partial charge < -0.3 is 5.11 Å². The molecule has 2 fully saturated rings. The lowest BCUT2D eigenvalue weighted by molar-refractivity contribution is -0.111. The molecule has 3 heteroatoms. The summed E-state index contributed by atoms with van der Waals surface area (Å²) in [6.07, 6.45) is 7.69. The minimum atomic E-state index is -0.747. The summed E-state index contributed by atoms with van der Waals surface area (Å²) in [5, 5.41) is 30.5. The molecule has 2 saturated carbocycles. The van der Waals surface area contributed by atoms with Crippen molar-refractivity contribution in [1.29, 1.82) is 10.5 Å². The number of hydrogen-bond acceptors (Lipinski definition) is 3. The zero-order valence-electron chi connectivity index (χ0n) is 18.7. The predicted molar refractivity (Wildman–Crippen MR) is 125 cm³/mol. The Morgan fingerprint density at radius 3 is 2.50 bits per heavy atom. The Bertz CT molecular complexity index is 1140. The van der Waals surface area contributed by atoms with Crippen molar-refractivity contribution in [2.45, 2.75) is 57.0 Å². The maximum atomic E-state index is 12.1. The largest absolute Gasteiger partial charge is 0.389 e. The molecule has 0 aromatic heterocycles. The van der Waals surface area contributed by atoms with Crippen molar-refractivity contribution in [2.24, 2.45) is 23.2 Å². The van der Waals surface area contributed by atoms with Crippen LogP contribution in [-0.4, -0.2) is 10.7 Å². The molecule has 0 amide bonds. The molecule has 3 aliphatic rings. The van der Waals surface area contributed by atoms with Crippen LogP contribution in [0.2, 0.25) is 0 Å². The van der Waals surface area contributed by atoms with Gasteiger partial charge in [0.25, 0.3) is 0 Å². The Kier molecular flexibility index (Phi) is 4.99. The molecule has 162 valence electrons. The molecule has 0 radical (unpaired) electrons. The van der Waals surface area contributed by atoms with Gasteiger partial charge in [-0.3, -0.25) is 0 Å². The maximum absolute atomic E-state index is 12.1. The van der Waals surface area contributed by atoms with Crippen molar-refractivity contribution in [1.82, 2.24) is 0 Å². The number of allylic oxidation sites excluding steroid dienone is 1. The molecule has 3 nitrogen and oxygen atoms in total. The van der Waals surface area contributed by atoms with Crippen LogP contribution < -0.4 is 0 Å². The lowest BCUT2D eigenvalue weighted by Crippen LogP contribution is -2.54. The van der Waals surface area contributed by atoms with E-state index >= 15 is 0 Å². The van der Waals surface area contributed by atoms with Crippen LogP contribution in [0.4, 0.5) is 0 Å². The minimum Gasteiger partial charge on any atom is -0.389 e. The fourth-order valence-electron chi connectivity index (χ4n) is 7.49. The summed E-state index contributed by atoms with van der Waals surface area (Å²) in [5.74, 6) is 1.77. The standard InChI is InChI=1S/C29H30N2O/c1-3-22-16-28(2)26(12-13-29(28,32)15-19-4-6-20(17-30)7-5-19)25-11-9-23-14-21(18-31)8-10-24(23)27(22)25/h3-8,10,14,22,25-27,32H,1,9,11-13,15-16H2,2H3/t22-,25?,26?,27?,28-,29+/m0/s1. The van der Waals surface area contributed by atoms with Crippen LogP contribution in [0.25, 0.3) is 0 Å². The van der Waals surface area contributed by atoms with E-state index in [1.807, 2.05) is 30.3 Å². The molecule has 2 aromatic carbocycles. The Balaban J connectivity index is 1.49. The first kappa shape index (κ1) is 21.0. The second-order valence-electron chi connectivity index (χ2n) is 10.4. The molecule has 0 saturated heterocycles. The fraction of sp³-hybridized carbons (Fsp3) is 0.448. The molecular formula is C29H30N2O. The van der Waals surface area contributed by atoms with Gasteiger partial charge in [-0.1, -0.05) is 31.2 Å². The number of aliphatic hydroxyl groups is 1. The van der Waals surface area contributed by atoms with E-state index in [2.05, 4.69) is 43.8 Å². The van der Waals surface area contributed by atoms with Gasteiger partial charge in [-0.05, 0) is 96.7 Å². The van der Waals surface area contributed by atoms with Crippen LogP contribution in [0, 0.1) is 45.8 Å². The SMILES string of the molecule is C=C[C@H]1C[C@@]2(C)C(CC[C@@]2(O)Cc2ccc(C#N)cc2)C2CCc3cc(C#N)ccc3C21. The third-order valence-corrected chi connectivity index (χ3v) is 9.11. The summed E-state index contributed by atoms with van der Waals surface area (Å²) < 4.78 is 0. The Morgan fingerprint density at radius 1 is 1.09 bits per heavy atom. The van der Waals surface area contributed by atoms with E-state index in [4.69, 9.17) is 5.26 Å². The molecular weight excluding hydrogens is 392 g/mol. The minimum absolute atomic E-state index is 0.162. The van der Waals surface area contributed by atoms with Gasteiger partial charge >= 0.3 is 0 Å². The zero-order valence-corrected chi connectivity index (χ0v) is 18.7. The predicted octanol–water partition coefficient (Wildman–Crippen LogP) is 5.67. The summed E-state index contributed by atoms with van der Waals surface area (Å²) in [6.45, 7) is 6.53. The van der Waals surface area contributed by atoms with Crippen LogP contribution in [0.5, 0.6) is 0 Å². The summed E-state index contributed by atoms with van der Waals surface area (Å²) >= 11 is 0. The van der Waals surface area contributed by atoms with Gasteiger partial charge in [-0.25, -0.2) is 0 Å². The fourth-order valence-corrected chi connectivity index (χ4v) is 7.49. The highest BCUT2D eigenvalue weighted by Crippen LogP contribution is 2.66. The number of nitrogens with zero attached hydrogens (tertiary/aromatic N) is 2. The second-order valence-corrected chi connectivity index (χ2v) is 10.4. The molecule has 0 bridgehead atoms. The summed E-state index contributed by atoms with van der Waals surface area (Å²) in [5.41, 5.74) is 4.32. The van der Waals surface area contributed by atoms with E-state index in [0.29, 0.717) is 35.7 Å². The topological polar surface area (TPSA) is 67.8 Å². The van der Waals surface area contributed by atoms with Gasteiger partial charge in [0.15, 0.2) is 0 Å². The monoisotopic (exact) mass is 422 g/mol. The van der Waals surface area contributed by atoms with Crippen molar-refractivity contribution in [2.75, 3.05) is 0 Å². The molecule has 0 heterocycles. The van der Waals surface area contributed by atoms with Gasteiger partial charge in [-0.15, -0.1) is 6.58 Å². The van der Waals surface area contributed by atoms with E-state index in [0.717, 1.165) is 43.2 Å². The van der Waals surface area contributed by atoms with Crippen LogP contribution >= 0.6 is 0 Å². The van der Waals surface area contributed by atoms with Gasteiger partial charge in [0.05, 0.1) is 28.9 Å². The first-order valence-corrected chi connectivity index (χ1v) is 11.8. The Morgan fingerprint density at radius 2 is 1.81 bits per heavy atom. The normalized spacial score (nSPS) is 35.0. The van der Waals surface area contributed by atoms with Gasteiger partial charge in [-0.2, -0.15) is 10.5 Å². The molecule has 32 heavy (non-hydrogen) atoms. The number of hydrogen-bond donors (Lipinski definition) is 1. The maximum Gasteiger partial charge on any atom is 0.0991 e. The van der Waals surface area contributed by atoms with Crippen LogP contribution in [0.1, 0.15) is 66.3 Å². The van der Waals surface area contributed by atoms with Crippen molar-refractivity contribution in [3.63, 3.8) is 0 Å². The number of aryl methyl sites for hydroxylation is 1. The molecule has 2 aromatic rings. The van der Waals surface area contributed by atoms with Crippen LogP contribution in [0.15, 0.2) is 55.1 Å². The van der Waals surface area contributed by atoms with Gasteiger partial charge in [0.2, 0.25) is 0 Å². The smallest absolute Gasteiger partial charge is 0.0991 e. The summed E-state index contributed by atoms with van der Waals surface area (Å²) in [7, 11) is 0. The van der Waals surface area contributed by atoms with Crippen molar-refractivity contribution < 1.29 is 5.11 Å². The molecule has 0 aliphatic heterocycles. The van der Waals surface area contributed by atoms with E-state index in [1.165, 1.54) is 11.1 Å². The number of rotatable bonds is 3. The third kappa shape index (κ3) is 3.03. The molecule has 0 spiro atoms. The summed E-state index contributed by atoms with van der Waals surface area (Å²) in [4.78, 5) is 0. The average molecular weight is 423 g/mol. The summed E-state index contributed by atoms with van der Waals surface area (Å²) in [6, 6.07) is 18.4. The van der Waals surface area contributed by atoms with Gasteiger partial charge in [0.1, 0.15) is 0 Å². The number of fused-ring (bicyclic) bond motifs is 5. The average Bonchev–Trinajstić information content (AvgIpc) is 3.08. The van der Waals surface area contributed by atoms with E-state index < -0.39 is 5.60 Å². The van der Waals surface area contributed by atoms with Crippen molar-refractivity contribution >= 4 is 0 Å². The van der Waals surface area contributed by atoms with E-state index in [-0.39, 0.29) is 5.41 Å². The number of nitriles is 2. The lowest BCUT2D eigenvalue weighted by Gasteiger charge is -2.56. The highest BCUT2D eigenvalue weighted by Gasteiger charge is 2.63. The highest BCUT2D eigenvalue weighted by molar-refractivity contribution is 5.43. The van der Waals surface area contributed by atoms with E-state index in [1.54, 1.807) is 0 Å². The van der Waals surface area contributed by atoms with Crippen molar-refractivity contribution in [3.05, 3.63) is 82.9 Å². The first-order chi connectivity index (χ1) is 15.4.